The van der Waals surface area contributed by atoms with Crippen molar-refractivity contribution in [1.29, 1.82) is 0 Å². The van der Waals surface area contributed by atoms with Crippen molar-refractivity contribution in [2.45, 2.75) is 44.6 Å². The van der Waals surface area contributed by atoms with Crippen LogP contribution in [0.15, 0.2) is 0 Å². The minimum atomic E-state index is 0.0546. The van der Waals surface area contributed by atoms with E-state index < -0.39 is 0 Å². The van der Waals surface area contributed by atoms with Gasteiger partial charge in [-0.3, -0.25) is 4.79 Å². The van der Waals surface area contributed by atoms with E-state index in [-0.39, 0.29) is 17.9 Å². The molecule has 2 unspecified atom stereocenters. The van der Waals surface area contributed by atoms with Gasteiger partial charge in [0.15, 0.2) is 0 Å². The van der Waals surface area contributed by atoms with E-state index in [0.29, 0.717) is 0 Å². The average molecular weight is 228 g/mol. The maximum atomic E-state index is 11.7. The molecule has 0 saturated heterocycles. The highest BCUT2D eigenvalue weighted by atomic mass is 16.5. The summed E-state index contributed by atoms with van der Waals surface area (Å²) in [4.78, 5) is 11.7. The Morgan fingerprint density at radius 3 is 2.81 bits per heavy atom. The molecule has 1 aliphatic rings. The summed E-state index contributed by atoms with van der Waals surface area (Å²) in [5.74, 6) is 0.204. The van der Waals surface area contributed by atoms with Gasteiger partial charge in [-0.1, -0.05) is 6.42 Å². The van der Waals surface area contributed by atoms with Gasteiger partial charge in [0.2, 0.25) is 5.91 Å². The molecule has 4 heteroatoms. The van der Waals surface area contributed by atoms with Crippen LogP contribution < -0.4 is 11.1 Å². The normalized spacial score (nSPS) is 24.6. The predicted octanol–water partition coefficient (Wildman–Crippen LogP) is 1.05. The maximum absolute atomic E-state index is 11.7. The van der Waals surface area contributed by atoms with Crippen LogP contribution in [0.3, 0.4) is 0 Å². The zero-order valence-corrected chi connectivity index (χ0v) is 10.2. The van der Waals surface area contributed by atoms with Crippen LogP contribution in [0.5, 0.6) is 0 Å². The zero-order valence-electron chi connectivity index (χ0n) is 10.2. The molecule has 0 aliphatic heterocycles. The van der Waals surface area contributed by atoms with Crippen LogP contribution in [-0.2, 0) is 9.53 Å². The Morgan fingerprint density at radius 1 is 1.38 bits per heavy atom. The molecule has 94 valence electrons. The number of hydrogen-bond donors (Lipinski definition) is 2. The Morgan fingerprint density at radius 2 is 2.19 bits per heavy atom. The number of carbonyl (C=O) groups is 1. The van der Waals surface area contributed by atoms with E-state index in [0.717, 1.165) is 51.7 Å². The summed E-state index contributed by atoms with van der Waals surface area (Å²) in [6, 6.07) is 0.0773. The quantitative estimate of drug-likeness (QED) is 0.640. The van der Waals surface area contributed by atoms with Crippen LogP contribution in [0.25, 0.3) is 0 Å². The average Bonchev–Trinajstić information content (AvgIpc) is 2.69. The molecule has 0 heterocycles. The van der Waals surface area contributed by atoms with Gasteiger partial charge in [-0.05, 0) is 32.1 Å². The van der Waals surface area contributed by atoms with Crippen LogP contribution >= 0.6 is 0 Å². The van der Waals surface area contributed by atoms with Crippen molar-refractivity contribution in [3.05, 3.63) is 0 Å². The van der Waals surface area contributed by atoms with E-state index in [1.54, 1.807) is 7.11 Å². The lowest BCUT2D eigenvalue weighted by atomic mass is 10.0. The largest absolute Gasteiger partial charge is 0.385 e. The molecule has 2 atom stereocenters. The third kappa shape index (κ3) is 4.49. The van der Waals surface area contributed by atoms with Crippen molar-refractivity contribution in [3.63, 3.8) is 0 Å². The van der Waals surface area contributed by atoms with Gasteiger partial charge >= 0.3 is 0 Å². The zero-order chi connectivity index (χ0) is 11.8. The Labute approximate surface area is 97.9 Å². The molecular formula is C12H24N2O2. The number of carbonyl (C=O) groups excluding carboxylic acids is 1. The Hall–Kier alpha value is -0.610. The number of hydrogen-bond acceptors (Lipinski definition) is 3. The molecule has 0 bridgehead atoms. The highest BCUT2D eigenvalue weighted by Crippen LogP contribution is 2.23. The van der Waals surface area contributed by atoms with Gasteiger partial charge in [-0.2, -0.15) is 0 Å². The van der Waals surface area contributed by atoms with Gasteiger partial charge in [-0.15, -0.1) is 0 Å². The van der Waals surface area contributed by atoms with Gasteiger partial charge in [0, 0.05) is 26.3 Å². The van der Waals surface area contributed by atoms with Gasteiger partial charge in [0.1, 0.15) is 0 Å². The highest BCUT2D eigenvalue weighted by Gasteiger charge is 2.29. The molecule has 4 nitrogen and oxygen atoms in total. The molecule has 0 aromatic rings. The predicted molar refractivity (Wildman–Crippen MR) is 64.1 cm³/mol. The van der Waals surface area contributed by atoms with Crippen molar-refractivity contribution in [1.82, 2.24) is 5.32 Å². The SMILES string of the molecule is COCCCCCNC(=O)C1CCCC1N. The minimum Gasteiger partial charge on any atom is -0.385 e. The first-order valence-electron chi connectivity index (χ1n) is 6.28. The maximum Gasteiger partial charge on any atom is 0.224 e. The fourth-order valence-electron chi connectivity index (χ4n) is 2.21. The van der Waals surface area contributed by atoms with Crippen molar-refractivity contribution in [3.8, 4) is 0 Å². The summed E-state index contributed by atoms with van der Waals surface area (Å²) in [7, 11) is 1.71. The van der Waals surface area contributed by atoms with Crippen LogP contribution in [0.4, 0.5) is 0 Å². The molecule has 0 radical (unpaired) electrons. The first-order valence-corrected chi connectivity index (χ1v) is 6.28. The third-order valence-corrected chi connectivity index (χ3v) is 3.23. The molecule has 0 spiro atoms. The highest BCUT2D eigenvalue weighted by molar-refractivity contribution is 5.79. The Bertz CT molecular complexity index is 209. The summed E-state index contributed by atoms with van der Waals surface area (Å²) in [6.45, 7) is 1.58. The molecular weight excluding hydrogens is 204 g/mol. The second-order valence-electron chi connectivity index (χ2n) is 4.55. The molecule has 1 rings (SSSR count). The third-order valence-electron chi connectivity index (χ3n) is 3.23. The summed E-state index contributed by atoms with van der Waals surface area (Å²) in [6.07, 6.45) is 6.23. The number of methoxy groups -OCH3 is 1. The number of nitrogens with two attached hydrogens (primary N) is 1. The smallest absolute Gasteiger partial charge is 0.224 e. The van der Waals surface area contributed by atoms with E-state index in [1.165, 1.54) is 0 Å². The second-order valence-corrected chi connectivity index (χ2v) is 4.55. The molecule has 1 aliphatic carbocycles. The Balaban J connectivity index is 2.02. The number of rotatable bonds is 7. The lowest BCUT2D eigenvalue weighted by Gasteiger charge is -2.14. The van der Waals surface area contributed by atoms with E-state index in [2.05, 4.69) is 5.32 Å². The lowest BCUT2D eigenvalue weighted by molar-refractivity contribution is -0.125. The van der Waals surface area contributed by atoms with Gasteiger partial charge in [-0.25, -0.2) is 0 Å². The van der Waals surface area contributed by atoms with E-state index in [4.69, 9.17) is 10.5 Å². The van der Waals surface area contributed by atoms with Crippen LogP contribution in [0.2, 0.25) is 0 Å². The number of nitrogens with one attached hydrogen (secondary N) is 1. The van der Waals surface area contributed by atoms with Gasteiger partial charge in [0.25, 0.3) is 0 Å². The van der Waals surface area contributed by atoms with Crippen molar-refractivity contribution < 1.29 is 9.53 Å². The molecule has 0 aromatic carbocycles. The van der Waals surface area contributed by atoms with E-state index in [1.807, 2.05) is 0 Å². The summed E-state index contributed by atoms with van der Waals surface area (Å²) >= 11 is 0. The monoisotopic (exact) mass is 228 g/mol. The summed E-state index contributed by atoms with van der Waals surface area (Å²) in [5.41, 5.74) is 5.87. The summed E-state index contributed by atoms with van der Waals surface area (Å²) < 4.78 is 4.96. The standard InChI is InChI=1S/C12H24N2O2/c1-16-9-4-2-3-8-14-12(15)10-6-5-7-11(10)13/h10-11H,2-9,13H2,1H3,(H,14,15). The fraction of sp³-hybridized carbons (Fsp3) is 0.917. The van der Waals surface area contributed by atoms with Crippen LogP contribution in [0.1, 0.15) is 38.5 Å². The summed E-state index contributed by atoms with van der Waals surface area (Å²) in [5, 5.41) is 2.97. The van der Waals surface area contributed by atoms with Crippen molar-refractivity contribution >= 4 is 5.91 Å². The fourth-order valence-corrected chi connectivity index (χ4v) is 2.21. The van der Waals surface area contributed by atoms with Crippen LogP contribution in [-0.4, -0.2) is 32.2 Å². The van der Waals surface area contributed by atoms with Gasteiger partial charge in [0.05, 0.1) is 5.92 Å². The molecule has 1 amide bonds. The molecule has 1 saturated carbocycles. The minimum absolute atomic E-state index is 0.0546. The second kappa shape index (κ2) is 7.63. The molecule has 1 fully saturated rings. The molecule has 3 N–H and O–H groups in total. The van der Waals surface area contributed by atoms with E-state index in [9.17, 15) is 4.79 Å². The Kier molecular flexibility index (Phi) is 6.42. The number of amides is 1. The number of unbranched alkanes of at least 4 members (excludes halogenated alkanes) is 2. The molecule has 16 heavy (non-hydrogen) atoms. The first-order chi connectivity index (χ1) is 7.75. The topological polar surface area (TPSA) is 64.3 Å². The lowest BCUT2D eigenvalue weighted by Crippen LogP contribution is -2.38. The molecule has 0 aromatic heterocycles. The van der Waals surface area contributed by atoms with Crippen LogP contribution in [0, 0.1) is 5.92 Å². The van der Waals surface area contributed by atoms with Crippen molar-refractivity contribution in [2.24, 2.45) is 11.7 Å². The number of ether oxygens (including phenoxy) is 1. The van der Waals surface area contributed by atoms with Crippen molar-refractivity contribution in [2.75, 3.05) is 20.3 Å². The first kappa shape index (κ1) is 13.5. The van der Waals surface area contributed by atoms with Gasteiger partial charge < -0.3 is 15.8 Å². The van der Waals surface area contributed by atoms with E-state index >= 15 is 0 Å².